The number of carbonyl (C=O) groups is 3. The van der Waals surface area contributed by atoms with Gasteiger partial charge in [-0.2, -0.15) is 0 Å². The molecule has 5 atom stereocenters. The van der Waals surface area contributed by atoms with E-state index in [2.05, 4.69) is 48.6 Å². The number of quaternary nitrogens is 1. The molecule has 2 amide bonds. The van der Waals surface area contributed by atoms with Gasteiger partial charge in [-0.1, -0.05) is 61.5 Å². The minimum absolute atomic E-state index is 0. The fourth-order valence-electron chi connectivity index (χ4n) is 9.95. The molecule has 3 heterocycles. The molecule has 0 radical (unpaired) electrons. The number of nitrogens with zero attached hydrogens (tertiary/aromatic N) is 3. The van der Waals surface area contributed by atoms with Gasteiger partial charge in [-0.15, -0.1) is 11.3 Å². The Morgan fingerprint density at radius 3 is 2.30 bits per heavy atom. The highest BCUT2D eigenvalue weighted by Crippen LogP contribution is 2.65. The molecule has 2 saturated heterocycles. The molecule has 2 aromatic carbocycles. The first-order chi connectivity index (χ1) is 29.6. The number of rotatable bonds is 14. The van der Waals surface area contributed by atoms with Crippen LogP contribution in [0.3, 0.4) is 0 Å². The van der Waals surface area contributed by atoms with Crippen molar-refractivity contribution in [1.29, 1.82) is 0 Å². The third kappa shape index (κ3) is 11.1. The topological polar surface area (TPSA) is 156 Å². The van der Waals surface area contributed by atoms with E-state index in [1.165, 1.54) is 0 Å². The quantitative estimate of drug-likeness (QED) is 0.0556. The van der Waals surface area contributed by atoms with Gasteiger partial charge in [-0.05, 0) is 96.1 Å². The highest BCUT2D eigenvalue weighted by atomic mass is 127. The zero-order valence-electron chi connectivity index (χ0n) is 39.2. The number of likely N-dealkylation sites (tertiary alicyclic amines) is 1. The normalized spacial score (nSPS) is 23.8. The third-order valence-corrected chi connectivity index (χ3v) is 13.9. The van der Waals surface area contributed by atoms with Crippen LogP contribution >= 0.6 is 11.3 Å². The molecular weight excluding hydrogens is 948 g/mol. The van der Waals surface area contributed by atoms with Gasteiger partial charge in [0.1, 0.15) is 41.4 Å². The summed E-state index contributed by atoms with van der Waals surface area (Å²) in [6.07, 6.45) is 3.47. The van der Waals surface area contributed by atoms with Gasteiger partial charge in [0, 0.05) is 23.8 Å². The van der Waals surface area contributed by atoms with Crippen molar-refractivity contribution in [2.24, 2.45) is 22.4 Å². The van der Waals surface area contributed by atoms with Crippen molar-refractivity contribution in [3.05, 3.63) is 75.8 Å². The number of methoxy groups -OCH3 is 1. The van der Waals surface area contributed by atoms with Gasteiger partial charge in [0.15, 0.2) is 10.8 Å². The lowest BCUT2D eigenvalue weighted by Gasteiger charge is -2.64. The number of nitrogens with one attached hydrogen (secondary N) is 2. The van der Waals surface area contributed by atoms with E-state index in [9.17, 15) is 14.4 Å². The second-order valence-corrected chi connectivity index (χ2v) is 21.6. The smallest absolute Gasteiger partial charge is 0.482 e. The van der Waals surface area contributed by atoms with Crippen molar-refractivity contribution in [1.82, 2.24) is 10.3 Å². The fraction of sp³-hybridized carbons (Fsp3) is 0.596. The first-order valence-corrected chi connectivity index (χ1v) is 23.0. The molecule has 0 spiro atoms. The van der Waals surface area contributed by atoms with Crippen molar-refractivity contribution in [3.63, 3.8) is 0 Å². The number of carbonyl (C=O) groups excluding carboxylic acids is 3. The van der Waals surface area contributed by atoms with Gasteiger partial charge in [0.2, 0.25) is 0 Å². The van der Waals surface area contributed by atoms with Crippen molar-refractivity contribution in [3.8, 4) is 5.75 Å². The Hall–Kier alpha value is -3.78. The zero-order chi connectivity index (χ0) is 45.5. The van der Waals surface area contributed by atoms with Crippen LogP contribution in [0.4, 0.5) is 9.93 Å². The van der Waals surface area contributed by atoms with E-state index < -0.39 is 47.8 Å². The predicted octanol–water partition coefficient (Wildman–Crippen LogP) is 5.11. The summed E-state index contributed by atoms with van der Waals surface area (Å²) in [6.45, 7) is 20.3. The van der Waals surface area contributed by atoms with Gasteiger partial charge < -0.3 is 62.1 Å². The Labute approximate surface area is 399 Å². The highest BCUT2D eigenvalue weighted by molar-refractivity contribution is 7.14. The first kappa shape index (κ1) is 49.7. The lowest BCUT2D eigenvalue weighted by atomic mass is 9.43. The van der Waals surface area contributed by atoms with Gasteiger partial charge in [0.05, 0.1) is 44.9 Å². The van der Waals surface area contributed by atoms with Crippen molar-refractivity contribution >= 4 is 47.3 Å². The van der Waals surface area contributed by atoms with Gasteiger partial charge in [-0.25, -0.2) is 14.6 Å². The molecule has 5 aliphatic rings. The standard InChI is InChI=1S/C47H64BN5O9S.HI/c1-44(2,3)59-41(55)37-31(26-53(10)21-15-16-22-53)20-19-30(39(37)57-11)23-36(48-61-35-25-32-24-34(46(32,7)8)47(35,9)62-48)50-40(54)38(52-58-27-29-17-13-12-14-18-29)33-28-63-42(49-33)51-43(56)60-45(4,5)6;/h12-14,17-20,28,32,34-36H,15-16,21-27H2,1-11H3,(H-,49,50,51,54,56);1H/b52-38-;/t32-,34+,35?,36?,47+;/m1./s1. The maximum Gasteiger partial charge on any atom is 0.482 e. The Balaban J connectivity index is 0.00000680. The molecule has 1 aromatic heterocycles. The second-order valence-electron chi connectivity index (χ2n) is 20.7. The number of benzene rings is 2. The molecule has 8 rings (SSSR count). The van der Waals surface area contributed by atoms with Gasteiger partial charge in [0.25, 0.3) is 5.91 Å². The summed E-state index contributed by atoms with van der Waals surface area (Å²) in [5.74, 6) is -0.712. The van der Waals surface area contributed by atoms with E-state index >= 15 is 0 Å². The van der Waals surface area contributed by atoms with Crippen molar-refractivity contribution in [2.45, 2.75) is 136 Å². The molecule has 2 N–H and O–H groups in total. The number of anilines is 1. The second kappa shape index (κ2) is 19.2. The minimum atomic E-state index is -0.867. The number of aromatic nitrogens is 1. The Bertz CT molecular complexity index is 2200. The van der Waals surface area contributed by atoms with Gasteiger partial charge >= 0.3 is 19.2 Å². The van der Waals surface area contributed by atoms with Crippen LogP contribution in [-0.2, 0) is 48.0 Å². The van der Waals surface area contributed by atoms with Crippen LogP contribution in [0.2, 0.25) is 0 Å². The van der Waals surface area contributed by atoms with E-state index in [1.54, 1.807) is 33.3 Å². The van der Waals surface area contributed by atoms with E-state index in [-0.39, 0.29) is 71.0 Å². The molecule has 2 bridgehead atoms. The van der Waals surface area contributed by atoms with Crippen LogP contribution in [-0.4, -0.2) is 96.4 Å². The monoisotopic (exact) mass is 1010 g/mol. The number of hydrogen-bond donors (Lipinski definition) is 2. The molecule has 2 unspecified atom stereocenters. The van der Waals surface area contributed by atoms with Crippen LogP contribution in [0.1, 0.15) is 121 Å². The number of esters is 1. The van der Waals surface area contributed by atoms with E-state index in [0.29, 0.717) is 29.3 Å². The molecule has 14 nitrogen and oxygen atoms in total. The predicted molar refractivity (Wildman–Crippen MR) is 243 cm³/mol. The summed E-state index contributed by atoms with van der Waals surface area (Å²) in [7, 11) is 2.91. The molecule has 2 aliphatic heterocycles. The molecule has 17 heteroatoms. The molecule has 3 saturated carbocycles. The summed E-state index contributed by atoms with van der Waals surface area (Å²) < 4.78 is 32.3. The molecule has 3 aromatic rings. The number of hydrogen-bond acceptors (Lipinski definition) is 12. The lowest BCUT2D eigenvalue weighted by molar-refractivity contribution is -0.910. The summed E-state index contributed by atoms with van der Waals surface area (Å²) in [5, 5.41) is 12.1. The first-order valence-electron chi connectivity index (χ1n) is 22.2. The van der Waals surface area contributed by atoms with Crippen LogP contribution in [0.15, 0.2) is 53.0 Å². The molecule has 64 heavy (non-hydrogen) atoms. The average molecular weight is 1010 g/mol. The highest BCUT2D eigenvalue weighted by Gasteiger charge is 2.68. The zero-order valence-corrected chi connectivity index (χ0v) is 42.1. The molecule has 3 aliphatic carbocycles. The van der Waals surface area contributed by atoms with Crippen LogP contribution in [0, 0.1) is 17.3 Å². The maximum atomic E-state index is 14.8. The SMILES string of the molecule is COc1c(CC(NC(=O)/C(=N\OCc2ccccc2)c2csc(NC(=O)OC(C)(C)C)n2)B2OC3C[C@H]4C[C@@H](C4(C)C)[C@]3(C)O2)ccc(C[N+]2(C)CCCC2)c1C(=O)OC(C)(C)C.[I-]. The molecule has 5 fully saturated rings. The summed E-state index contributed by atoms with van der Waals surface area (Å²) >= 11 is 1.12. The molecule has 348 valence electrons. The van der Waals surface area contributed by atoms with Crippen LogP contribution in [0.25, 0.3) is 0 Å². The minimum Gasteiger partial charge on any atom is -1.00 e. The Morgan fingerprint density at radius 1 is 0.984 bits per heavy atom. The number of thiazole rings is 1. The number of ether oxygens (including phenoxy) is 3. The number of oxime groups is 1. The summed E-state index contributed by atoms with van der Waals surface area (Å²) in [6, 6.07) is 13.4. The van der Waals surface area contributed by atoms with E-state index in [0.717, 1.165) is 65.7 Å². The number of amides is 2. The van der Waals surface area contributed by atoms with Crippen molar-refractivity contribution < 1.29 is 71.2 Å². The fourth-order valence-corrected chi connectivity index (χ4v) is 10.6. The van der Waals surface area contributed by atoms with Crippen molar-refractivity contribution in [2.75, 3.05) is 32.6 Å². The Kier molecular flexibility index (Phi) is 14.9. The van der Waals surface area contributed by atoms with E-state index in [1.807, 2.05) is 63.2 Å². The van der Waals surface area contributed by atoms with E-state index in [4.69, 9.17) is 28.4 Å². The Morgan fingerprint density at radius 2 is 1.66 bits per heavy atom. The number of halogens is 1. The maximum absolute atomic E-state index is 14.8. The van der Waals surface area contributed by atoms with Crippen LogP contribution in [0.5, 0.6) is 5.75 Å². The third-order valence-electron chi connectivity index (χ3n) is 13.2. The van der Waals surface area contributed by atoms with Crippen LogP contribution < -0.4 is 39.3 Å². The average Bonchev–Trinajstić information content (AvgIpc) is 3.93. The molecular formula is C47H65BIN5O9S. The largest absolute Gasteiger partial charge is 1.00 e. The summed E-state index contributed by atoms with van der Waals surface area (Å²) in [4.78, 5) is 52.1. The summed E-state index contributed by atoms with van der Waals surface area (Å²) in [5.41, 5.74) is 0.835. The van der Waals surface area contributed by atoms with Gasteiger partial charge in [-0.3, -0.25) is 10.1 Å². The lowest BCUT2D eigenvalue weighted by Crippen LogP contribution is -3.00.